The van der Waals surface area contributed by atoms with Crippen LogP contribution < -0.4 is 10.6 Å². The van der Waals surface area contributed by atoms with Gasteiger partial charge in [-0.3, -0.25) is 5.32 Å². The lowest BCUT2D eigenvalue weighted by Gasteiger charge is -2.10. The van der Waals surface area contributed by atoms with E-state index in [4.69, 9.17) is 12.2 Å². The summed E-state index contributed by atoms with van der Waals surface area (Å²) in [7, 11) is 1.29. The molecule has 0 unspecified atom stereocenters. The molecule has 0 aliphatic heterocycles. The third-order valence-corrected chi connectivity index (χ3v) is 2.44. The molecule has 17 heavy (non-hydrogen) atoms. The average molecular weight is 252 g/mol. The van der Waals surface area contributed by atoms with E-state index in [0.29, 0.717) is 5.92 Å². The van der Waals surface area contributed by atoms with E-state index in [1.54, 1.807) is 0 Å². The molecule has 1 aromatic carbocycles. The number of hydrogen-bond donors (Lipinski definition) is 2. The first kappa shape index (κ1) is 13.4. The highest BCUT2D eigenvalue weighted by Crippen LogP contribution is 2.16. The monoisotopic (exact) mass is 252 g/mol. The number of nitrogens with one attached hydrogen (secondary N) is 2. The summed E-state index contributed by atoms with van der Waals surface area (Å²) in [5.74, 6) is 0.490. The number of hydrogen-bond acceptors (Lipinski definition) is 3. The molecule has 0 saturated heterocycles. The summed E-state index contributed by atoms with van der Waals surface area (Å²) in [6.07, 6.45) is -0.582. The van der Waals surface area contributed by atoms with Crippen LogP contribution in [0.25, 0.3) is 0 Å². The number of rotatable bonds is 2. The number of ether oxygens (including phenoxy) is 1. The molecule has 0 saturated carbocycles. The van der Waals surface area contributed by atoms with Crippen molar-refractivity contribution in [2.75, 3.05) is 12.4 Å². The molecule has 0 heterocycles. The van der Waals surface area contributed by atoms with Crippen molar-refractivity contribution < 1.29 is 9.53 Å². The molecule has 0 bridgehead atoms. The zero-order chi connectivity index (χ0) is 12.8. The molecular weight excluding hydrogens is 236 g/mol. The minimum absolute atomic E-state index is 0.217. The molecule has 0 aromatic heterocycles. The zero-order valence-electron chi connectivity index (χ0n) is 10.1. The normalized spacial score (nSPS) is 9.88. The molecule has 1 aromatic rings. The van der Waals surface area contributed by atoms with E-state index >= 15 is 0 Å². The predicted octanol–water partition coefficient (Wildman–Crippen LogP) is 2.86. The average Bonchev–Trinajstić information content (AvgIpc) is 2.29. The van der Waals surface area contributed by atoms with Gasteiger partial charge in [-0.25, -0.2) is 4.79 Å². The van der Waals surface area contributed by atoms with Crippen LogP contribution in [-0.4, -0.2) is 18.3 Å². The third-order valence-electron chi connectivity index (χ3n) is 2.24. The predicted molar refractivity (Wildman–Crippen MR) is 72.3 cm³/mol. The number of anilines is 1. The van der Waals surface area contributed by atoms with E-state index < -0.39 is 6.09 Å². The number of amides is 1. The van der Waals surface area contributed by atoms with Crippen LogP contribution in [0.4, 0.5) is 10.5 Å². The fourth-order valence-electron chi connectivity index (χ4n) is 1.26. The first-order chi connectivity index (χ1) is 8.02. The lowest BCUT2D eigenvalue weighted by Crippen LogP contribution is -2.33. The Bertz CT molecular complexity index is 401. The number of alkyl carbamates (subject to hydrolysis) is 1. The Balaban J connectivity index is 2.57. The molecule has 2 N–H and O–H groups in total. The number of benzene rings is 1. The van der Waals surface area contributed by atoms with Crippen molar-refractivity contribution in [3.63, 3.8) is 0 Å². The molecule has 0 atom stereocenters. The second kappa shape index (κ2) is 6.20. The maximum atomic E-state index is 10.9. The quantitative estimate of drug-likeness (QED) is 0.795. The van der Waals surface area contributed by atoms with Gasteiger partial charge in [0.2, 0.25) is 0 Å². The van der Waals surface area contributed by atoms with E-state index in [9.17, 15) is 4.79 Å². The highest BCUT2D eigenvalue weighted by atomic mass is 32.1. The van der Waals surface area contributed by atoms with E-state index in [-0.39, 0.29) is 5.11 Å². The Labute approximate surface area is 106 Å². The van der Waals surface area contributed by atoms with Gasteiger partial charge in [-0.05, 0) is 35.8 Å². The van der Waals surface area contributed by atoms with E-state index in [2.05, 4.69) is 29.2 Å². The molecule has 1 amide bonds. The summed E-state index contributed by atoms with van der Waals surface area (Å²) in [6, 6.07) is 7.88. The van der Waals surface area contributed by atoms with Crippen LogP contribution in [0.1, 0.15) is 25.3 Å². The largest absolute Gasteiger partial charge is 0.453 e. The van der Waals surface area contributed by atoms with Crippen LogP contribution in [0.3, 0.4) is 0 Å². The van der Waals surface area contributed by atoms with Crippen molar-refractivity contribution in [3.8, 4) is 0 Å². The van der Waals surface area contributed by atoms with Gasteiger partial charge in [-0.1, -0.05) is 26.0 Å². The van der Waals surface area contributed by atoms with Crippen molar-refractivity contribution in [3.05, 3.63) is 29.8 Å². The maximum absolute atomic E-state index is 10.9. The van der Waals surface area contributed by atoms with Crippen LogP contribution in [0.2, 0.25) is 0 Å². The SMILES string of the molecule is COC(=O)NC(=S)Nc1ccc(C(C)C)cc1. The lowest BCUT2D eigenvalue weighted by atomic mass is 10.0. The van der Waals surface area contributed by atoms with Gasteiger partial charge in [0, 0.05) is 5.69 Å². The third kappa shape index (κ3) is 4.40. The molecule has 0 radical (unpaired) electrons. The number of carbonyl (C=O) groups excluding carboxylic acids is 1. The minimum Gasteiger partial charge on any atom is -0.453 e. The van der Waals surface area contributed by atoms with Crippen molar-refractivity contribution in [2.45, 2.75) is 19.8 Å². The number of methoxy groups -OCH3 is 1. The molecule has 0 aliphatic rings. The topological polar surface area (TPSA) is 50.4 Å². The Morgan fingerprint density at radius 2 is 1.88 bits per heavy atom. The van der Waals surface area contributed by atoms with E-state index in [1.165, 1.54) is 12.7 Å². The molecule has 1 rings (SSSR count). The van der Waals surface area contributed by atoms with Gasteiger partial charge in [-0.2, -0.15) is 0 Å². The number of carbonyl (C=O) groups is 1. The summed E-state index contributed by atoms with van der Waals surface area (Å²) in [6.45, 7) is 4.26. The first-order valence-corrected chi connectivity index (χ1v) is 5.69. The van der Waals surface area contributed by atoms with Crippen molar-refractivity contribution >= 4 is 29.1 Å². The highest BCUT2D eigenvalue weighted by molar-refractivity contribution is 7.80. The lowest BCUT2D eigenvalue weighted by molar-refractivity contribution is 0.177. The van der Waals surface area contributed by atoms with Gasteiger partial charge in [0.1, 0.15) is 0 Å². The van der Waals surface area contributed by atoms with Gasteiger partial charge in [0.25, 0.3) is 0 Å². The minimum atomic E-state index is -0.582. The van der Waals surface area contributed by atoms with Crippen LogP contribution in [0, 0.1) is 0 Å². The molecular formula is C12H16N2O2S. The smallest absolute Gasteiger partial charge is 0.413 e. The van der Waals surface area contributed by atoms with Crippen molar-refractivity contribution in [1.29, 1.82) is 0 Å². The Morgan fingerprint density at radius 3 is 2.35 bits per heavy atom. The Kier molecular flexibility index (Phi) is 4.90. The summed E-state index contributed by atoms with van der Waals surface area (Å²) < 4.78 is 4.43. The Morgan fingerprint density at radius 1 is 1.29 bits per heavy atom. The second-order valence-electron chi connectivity index (χ2n) is 3.85. The first-order valence-electron chi connectivity index (χ1n) is 5.29. The van der Waals surface area contributed by atoms with Gasteiger partial charge in [0.05, 0.1) is 7.11 Å². The Hall–Kier alpha value is -1.62. The maximum Gasteiger partial charge on any atom is 0.413 e. The van der Waals surface area contributed by atoms with Crippen LogP contribution in [0.5, 0.6) is 0 Å². The fraction of sp³-hybridized carbons (Fsp3) is 0.333. The fourth-order valence-corrected chi connectivity index (χ4v) is 1.46. The van der Waals surface area contributed by atoms with Gasteiger partial charge >= 0.3 is 6.09 Å². The van der Waals surface area contributed by atoms with Crippen molar-refractivity contribution in [1.82, 2.24) is 5.32 Å². The van der Waals surface area contributed by atoms with E-state index in [0.717, 1.165) is 5.69 Å². The van der Waals surface area contributed by atoms with Gasteiger partial charge in [0.15, 0.2) is 5.11 Å². The summed E-state index contributed by atoms with van der Waals surface area (Å²) in [5, 5.41) is 5.48. The summed E-state index contributed by atoms with van der Waals surface area (Å²) in [4.78, 5) is 10.9. The van der Waals surface area contributed by atoms with Gasteiger partial charge in [-0.15, -0.1) is 0 Å². The molecule has 5 heteroatoms. The molecule has 0 fully saturated rings. The summed E-state index contributed by atoms with van der Waals surface area (Å²) >= 11 is 4.94. The molecule has 0 spiro atoms. The molecule has 92 valence electrons. The van der Waals surface area contributed by atoms with Crippen LogP contribution in [0.15, 0.2) is 24.3 Å². The van der Waals surface area contributed by atoms with Crippen molar-refractivity contribution in [2.24, 2.45) is 0 Å². The second-order valence-corrected chi connectivity index (χ2v) is 4.26. The highest BCUT2D eigenvalue weighted by Gasteiger charge is 2.04. The zero-order valence-corrected chi connectivity index (χ0v) is 10.9. The molecule has 0 aliphatic carbocycles. The molecule has 4 nitrogen and oxygen atoms in total. The summed E-state index contributed by atoms with van der Waals surface area (Å²) in [5.41, 5.74) is 2.08. The van der Waals surface area contributed by atoms with Gasteiger partial charge < -0.3 is 10.1 Å². The van der Waals surface area contributed by atoms with E-state index in [1.807, 2.05) is 24.3 Å². The number of thiocarbonyl (C=S) groups is 1. The standard InChI is InChI=1S/C12H16N2O2S/c1-8(2)9-4-6-10(7-5-9)13-11(17)14-12(15)16-3/h4-8H,1-3H3,(H2,13,14,15,17). The van der Waals surface area contributed by atoms with Crippen LogP contribution in [-0.2, 0) is 4.74 Å². The van der Waals surface area contributed by atoms with Crippen LogP contribution >= 0.6 is 12.2 Å².